The molecule has 0 bridgehead atoms. The van der Waals surface area contributed by atoms with Crippen molar-refractivity contribution in [3.05, 3.63) is 60.2 Å². The topological polar surface area (TPSA) is 32.6 Å². The molecule has 3 aromatic rings. The molecule has 3 aromatic carbocycles. The third-order valence-corrected chi connectivity index (χ3v) is 3.00. The minimum Gasteiger partial charge on any atom is -0.411 e. The van der Waals surface area contributed by atoms with Crippen LogP contribution in [0.4, 0.5) is 0 Å². The molecule has 1 N–H and O–H groups in total. The van der Waals surface area contributed by atoms with Gasteiger partial charge in [-0.1, -0.05) is 53.7 Å². The molecule has 0 aromatic heterocycles. The smallest absolute Gasteiger partial charge is 0.0740 e. The number of fused-ring (bicyclic) bond motifs is 3. The van der Waals surface area contributed by atoms with Gasteiger partial charge in [0.15, 0.2) is 0 Å². The summed E-state index contributed by atoms with van der Waals surface area (Å²) in [6.45, 7) is 0. The lowest BCUT2D eigenvalue weighted by atomic mass is 9.98. The van der Waals surface area contributed by atoms with Gasteiger partial charge >= 0.3 is 0 Å². The monoisotopic (exact) mass is 221 g/mol. The van der Waals surface area contributed by atoms with Crippen molar-refractivity contribution in [2.24, 2.45) is 5.16 Å². The number of hydrogen-bond donors (Lipinski definition) is 1. The van der Waals surface area contributed by atoms with E-state index in [0.29, 0.717) is 0 Å². The average Bonchev–Trinajstić information content (AvgIpc) is 2.39. The van der Waals surface area contributed by atoms with E-state index in [9.17, 15) is 0 Å². The fraction of sp³-hybridized carbons (Fsp3) is 0. The molecule has 0 saturated carbocycles. The maximum absolute atomic E-state index is 8.72. The Balaban J connectivity index is 2.54. The molecule has 2 nitrogen and oxygen atoms in total. The first kappa shape index (κ1) is 9.85. The third kappa shape index (κ3) is 1.54. The first-order valence-electron chi connectivity index (χ1n) is 5.48. The maximum Gasteiger partial charge on any atom is 0.0740 e. The number of benzene rings is 3. The predicted octanol–water partition coefficient (Wildman–Crippen LogP) is 3.80. The van der Waals surface area contributed by atoms with Gasteiger partial charge in [-0.15, -0.1) is 0 Å². The van der Waals surface area contributed by atoms with Gasteiger partial charge in [-0.25, -0.2) is 0 Å². The van der Waals surface area contributed by atoms with Crippen LogP contribution in [-0.4, -0.2) is 11.4 Å². The molecule has 3 rings (SSSR count). The number of nitrogens with zero attached hydrogens (tertiary/aromatic N) is 1. The van der Waals surface area contributed by atoms with Crippen LogP contribution in [0.3, 0.4) is 0 Å². The van der Waals surface area contributed by atoms with E-state index in [1.165, 1.54) is 17.0 Å². The predicted molar refractivity (Wildman–Crippen MR) is 70.8 cm³/mol. The molecule has 2 heteroatoms. The molecule has 17 heavy (non-hydrogen) atoms. The quantitative estimate of drug-likeness (QED) is 0.288. The summed E-state index contributed by atoms with van der Waals surface area (Å²) in [5, 5.41) is 16.5. The van der Waals surface area contributed by atoms with Crippen LogP contribution in [0.1, 0.15) is 5.56 Å². The Hall–Kier alpha value is -2.35. The molecule has 0 unspecified atom stereocenters. The molecule has 0 amide bonds. The van der Waals surface area contributed by atoms with Crippen LogP contribution in [0, 0.1) is 0 Å². The SMILES string of the molecule is O/N=C/c1cc2ccccc2c2ccccc12. The summed E-state index contributed by atoms with van der Waals surface area (Å²) in [6.07, 6.45) is 1.48. The fourth-order valence-corrected chi connectivity index (χ4v) is 2.25. The number of hydrogen-bond acceptors (Lipinski definition) is 2. The van der Waals surface area contributed by atoms with Gasteiger partial charge in [0.2, 0.25) is 0 Å². The second-order valence-corrected chi connectivity index (χ2v) is 3.98. The normalized spacial score (nSPS) is 11.5. The van der Waals surface area contributed by atoms with E-state index < -0.39 is 0 Å². The van der Waals surface area contributed by atoms with Crippen LogP contribution in [0.25, 0.3) is 21.5 Å². The molecular formula is C15H11NO. The van der Waals surface area contributed by atoms with Crippen molar-refractivity contribution in [2.45, 2.75) is 0 Å². The van der Waals surface area contributed by atoms with Gasteiger partial charge in [-0.05, 0) is 27.6 Å². The Bertz CT molecular complexity index is 716. The summed E-state index contributed by atoms with van der Waals surface area (Å²) < 4.78 is 0. The fourth-order valence-electron chi connectivity index (χ4n) is 2.25. The van der Waals surface area contributed by atoms with Gasteiger partial charge in [0.25, 0.3) is 0 Å². The molecule has 0 aliphatic rings. The van der Waals surface area contributed by atoms with Crippen LogP contribution < -0.4 is 0 Å². The minimum absolute atomic E-state index is 0.932. The summed E-state index contributed by atoms with van der Waals surface area (Å²) in [4.78, 5) is 0. The molecule has 82 valence electrons. The Morgan fingerprint density at radius 2 is 1.47 bits per heavy atom. The van der Waals surface area contributed by atoms with E-state index in [4.69, 9.17) is 5.21 Å². The first-order chi connectivity index (χ1) is 8.40. The molecule has 0 atom stereocenters. The highest BCUT2D eigenvalue weighted by molar-refractivity contribution is 6.13. The molecule has 0 radical (unpaired) electrons. The Morgan fingerprint density at radius 3 is 2.24 bits per heavy atom. The van der Waals surface area contributed by atoms with Crippen molar-refractivity contribution in [1.29, 1.82) is 0 Å². The Morgan fingerprint density at radius 1 is 0.824 bits per heavy atom. The number of oxime groups is 1. The second-order valence-electron chi connectivity index (χ2n) is 3.98. The van der Waals surface area contributed by atoms with Crippen molar-refractivity contribution in [3.8, 4) is 0 Å². The zero-order valence-electron chi connectivity index (χ0n) is 9.17. The highest BCUT2D eigenvalue weighted by Gasteiger charge is 2.03. The molecule has 0 fully saturated rings. The minimum atomic E-state index is 0.932. The Labute approximate surface area is 98.8 Å². The number of rotatable bonds is 1. The molecule has 0 heterocycles. The maximum atomic E-state index is 8.72. The van der Waals surface area contributed by atoms with Crippen LogP contribution in [0.15, 0.2) is 59.8 Å². The van der Waals surface area contributed by atoms with Gasteiger partial charge in [0, 0.05) is 5.56 Å². The summed E-state index contributed by atoms with van der Waals surface area (Å²) in [7, 11) is 0. The second kappa shape index (κ2) is 3.91. The lowest BCUT2D eigenvalue weighted by Gasteiger charge is -2.06. The van der Waals surface area contributed by atoms with E-state index in [-0.39, 0.29) is 0 Å². The molecule has 0 saturated heterocycles. The van der Waals surface area contributed by atoms with Crippen LogP contribution in [0.5, 0.6) is 0 Å². The first-order valence-corrected chi connectivity index (χ1v) is 5.48. The van der Waals surface area contributed by atoms with Gasteiger partial charge < -0.3 is 5.21 Å². The van der Waals surface area contributed by atoms with E-state index in [1.807, 2.05) is 36.4 Å². The zero-order valence-corrected chi connectivity index (χ0v) is 9.17. The van der Waals surface area contributed by atoms with Crippen molar-refractivity contribution in [2.75, 3.05) is 0 Å². The van der Waals surface area contributed by atoms with Crippen molar-refractivity contribution >= 4 is 27.8 Å². The highest BCUT2D eigenvalue weighted by Crippen LogP contribution is 2.27. The van der Waals surface area contributed by atoms with Gasteiger partial charge in [0.05, 0.1) is 6.21 Å². The van der Waals surface area contributed by atoms with E-state index in [2.05, 4.69) is 23.4 Å². The molecule has 0 aliphatic heterocycles. The van der Waals surface area contributed by atoms with Crippen molar-refractivity contribution in [3.63, 3.8) is 0 Å². The lowest BCUT2D eigenvalue weighted by molar-refractivity contribution is 0.322. The standard InChI is InChI=1S/C15H11NO/c17-16-10-12-9-11-5-1-2-6-13(11)15-8-4-3-7-14(12)15/h1-10,17H/b16-10+. The van der Waals surface area contributed by atoms with Crippen molar-refractivity contribution in [1.82, 2.24) is 0 Å². The van der Waals surface area contributed by atoms with Gasteiger partial charge in [-0.3, -0.25) is 0 Å². The molecule has 0 spiro atoms. The summed E-state index contributed by atoms with van der Waals surface area (Å²) >= 11 is 0. The highest BCUT2D eigenvalue weighted by atomic mass is 16.4. The van der Waals surface area contributed by atoms with Gasteiger partial charge in [-0.2, -0.15) is 0 Å². The van der Waals surface area contributed by atoms with Gasteiger partial charge in [0.1, 0.15) is 0 Å². The van der Waals surface area contributed by atoms with Crippen LogP contribution in [-0.2, 0) is 0 Å². The van der Waals surface area contributed by atoms with E-state index in [1.54, 1.807) is 0 Å². The average molecular weight is 221 g/mol. The third-order valence-electron chi connectivity index (χ3n) is 3.00. The molecular weight excluding hydrogens is 210 g/mol. The summed E-state index contributed by atoms with van der Waals surface area (Å²) in [5.74, 6) is 0. The van der Waals surface area contributed by atoms with Crippen molar-refractivity contribution < 1.29 is 5.21 Å². The van der Waals surface area contributed by atoms with Crippen LogP contribution in [0.2, 0.25) is 0 Å². The molecule has 0 aliphatic carbocycles. The largest absolute Gasteiger partial charge is 0.411 e. The van der Waals surface area contributed by atoms with E-state index in [0.717, 1.165) is 16.3 Å². The van der Waals surface area contributed by atoms with E-state index >= 15 is 0 Å². The van der Waals surface area contributed by atoms with Crippen LogP contribution >= 0.6 is 0 Å². The summed E-state index contributed by atoms with van der Waals surface area (Å²) in [6, 6.07) is 18.4. The zero-order chi connectivity index (χ0) is 11.7. The Kier molecular flexibility index (Phi) is 2.26. The lowest BCUT2D eigenvalue weighted by Crippen LogP contribution is -1.86. The summed E-state index contributed by atoms with van der Waals surface area (Å²) in [5.41, 5.74) is 0.932.